The Balaban J connectivity index is 2.48. The maximum Gasteiger partial charge on any atom is 0.220 e. The standard InChI is InChI=1S/C17H26N2O2/c1-6-15(20)19-14-9-17(4,5)21-16-10(2)7-12(11(3)18)8-13(14)16/h7-8,11,14H,6,9,18H2,1-5H3,(H,19,20). The molecule has 21 heavy (non-hydrogen) atoms. The molecule has 4 heteroatoms. The summed E-state index contributed by atoms with van der Waals surface area (Å²) in [6.07, 6.45) is 1.24. The molecule has 3 N–H and O–H groups in total. The smallest absolute Gasteiger partial charge is 0.220 e. The van der Waals surface area contributed by atoms with Gasteiger partial charge in [0, 0.05) is 24.4 Å². The molecule has 4 nitrogen and oxygen atoms in total. The molecule has 0 saturated carbocycles. The molecule has 2 atom stereocenters. The van der Waals surface area contributed by atoms with Crippen molar-refractivity contribution in [3.8, 4) is 5.75 Å². The predicted molar refractivity (Wildman–Crippen MR) is 84.3 cm³/mol. The van der Waals surface area contributed by atoms with Crippen LogP contribution in [0.1, 0.15) is 69.3 Å². The van der Waals surface area contributed by atoms with E-state index in [4.69, 9.17) is 10.5 Å². The fourth-order valence-corrected chi connectivity index (χ4v) is 2.84. The van der Waals surface area contributed by atoms with E-state index >= 15 is 0 Å². The molecule has 1 heterocycles. The second-order valence-electron chi connectivity index (χ2n) is 6.58. The van der Waals surface area contributed by atoms with Crippen LogP contribution in [0, 0.1) is 6.92 Å². The van der Waals surface area contributed by atoms with E-state index < -0.39 is 0 Å². The van der Waals surface area contributed by atoms with Gasteiger partial charge >= 0.3 is 0 Å². The van der Waals surface area contributed by atoms with E-state index in [0.717, 1.165) is 28.9 Å². The lowest BCUT2D eigenvalue weighted by Crippen LogP contribution is -2.41. The third-order valence-corrected chi connectivity index (χ3v) is 3.96. The zero-order chi connectivity index (χ0) is 15.8. The molecule has 1 aliphatic rings. The monoisotopic (exact) mass is 290 g/mol. The molecule has 2 rings (SSSR count). The Morgan fingerprint density at radius 3 is 2.76 bits per heavy atom. The van der Waals surface area contributed by atoms with Gasteiger partial charge in [0.25, 0.3) is 0 Å². The summed E-state index contributed by atoms with van der Waals surface area (Å²) in [7, 11) is 0. The Morgan fingerprint density at radius 1 is 1.52 bits per heavy atom. The molecular weight excluding hydrogens is 264 g/mol. The number of carbonyl (C=O) groups is 1. The number of hydrogen-bond acceptors (Lipinski definition) is 3. The Bertz CT molecular complexity index is 550. The highest BCUT2D eigenvalue weighted by Crippen LogP contribution is 2.42. The van der Waals surface area contributed by atoms with E-state index in [-0.39, 0.29) is 23.6 Å². The second-order valence-corrected chi connectivity index (χ2v) is 6.58. The molecule has 0 spiro atoms. The van der Waals surface area contributed by atoms with Gasteiger partial charge in [0.15, 0.2) is 0 Å². The highest BCUT2D eigenvalue weighted by Gasteiger charge is 2.35. The van der Waals surface area contributed by atoms with Crippen molar-refractivity contribution in [2.75, 3.05) is 0 Å². The molecule has 0 saturated heterocycles. The van der Waals surface area contributed by atoms with E-state index in [1.165, 1.54) is 0 Å². The fourth-order valence-electron chi connectivity index (χ4n) is 2.84. The number of nitrogens with one attached hydrogen (secondary N) is 1. The van der Waals surface area contributed by atoms with Crippen molar-refractivity contribution in [2.24, 2.45) is 5.73 Å². The third-order valence-electron chi connectivity index (χ3n) is 3.96. The molecule has 1 aromatic rings. The summed E-state index contributed by atoms with van der Waals surface area (Å²) < 4.78 is 6.14. The van der Waals surface area contributed by atoms with Crippen molar-refractivity contribution in [3.63, 3.8) is 0 Å². The Morgan fingerprint density at radius 2 is 2.19 bits per heavy atom. The number of ether oxygens (including phenoxy) is 1. The SMILES string of the molecule is CCC(=O)NC1CC(C)(C)Oc2c(C)cc(C(C)N)cc21. The summed E-state index contributed by atoms with van der Waals surface area (Å²) in [6.45, 7) is 9.98. The molecule has 0 aliphatic carbocycles. The van der Waals surface area contributed by atoms with Crippen molar-refractivity contribution >= 4 is 5.91 Å². The van der Waals surface area contributed by atoms with E-state index in [1.54, 1.807) is 0 Å². The maximum atomic E-state index is 11.8. The number of nitrogens with two attached hydrogens (primary N) is 1. The highest BCUT2D eigenvalue weighted by molar-refractivity contribution is 5.76. The van der Waals surface area contributed by atoms with E-state index in [2.05, 4.69) is 31.3 Å². The van der Waals surface area contributed by atoms with Crippen LogP contribution in [0.25, 0.3) is 0 Å². The van der Waals surface area contributed by atoms with Crippen molar-refractivity contribution in [2.45, 2.75) is 65.1 Å². The van der Waals surface area contributed by atoms with Crippen LogP contribution in [0.15, 0.2) is 12.1 Å². The van der Waals surface area contributed by atoms with E-state index in [9.17, 15) is 4.79 Å². The number of amides is 1. The molecule has 1 aliphatic heterocycles. The minimum atomic E-state index is -0.292. The van der Waals surface area contributed by atoms with Gasteiger partial charge in [-0.25, -0.2) is 0 Å². The fraction of sp³-hybridized carbons (Fsp3) is 0.588. The second kappa shape index (κ2) is 5.68. The van der Waals surface area contributed by atoms with Gasteiger partial charge in [-0.1, -0.05) is 13.0 Å². The molecule has 116 valence electrons. The third kappa shape index (κ3) is 3.38. The first-order chi connectivity index (χ1) is 9.73. The van der Waals surface area contributed by atoms with Crippen LogP contribution in [0.4, 0.5) is 0 Å². The quantitative estimate of drug-likeness (QED) is 0.899. The Hall–Kier alpha value is -1.55. The van der Waals surface area contributed by atoms with E-state index in [1.807, 2.05) is 20.8 Å². The average Bonchev–Trinajstić information content (AvgIpc) is 2.38. The zero-order valence-corrected chi connectivity index (χ0v) is 13.6. The molecule has 2 unspecified atom stereocenters. The highest BCUT2D eigenvalue weighted by atomic mass is 16.5. The molecule has 0 bridgehead atoms. The summed E-state index contributed by atoms with van der Waals surface area (Å²) in [5.74, 6) is 0.949. The molecule has 1 aromatic carbocycles. The normalized spacial score (nSPS) is 21.1. The van der Waals surface area contributed by atoms with Gasteiger partial charge in [-0.15, -0.1) is 0 Å². The number of benzene rings is 1. The lowest BCUT2D eigenvalue weighted by atomic mass is 9.86. The number of rotatable bonds is 3. The summed E-state index contributed by atoms with van der Waals surface area (Å²) >= 11 is 0. The van der Waals surface area contributed by atoms with Crippen LogP contribution < -0.4 is 15.8 Å². The van der Waals surface area contributed by atoms with Gasteiger partial charge in [0.2, 0.25) is 5.91 Å². The van der Waals surface area contributed by atoms with Crippen molar-refractivity contribution in [3.05, 3.63) is 28.8 Å². The number of carbonyl (C=O) groups excluding carboxylic acids is 1. The van der Waals surface area contributed by atoms with Gasteiger partial charge in [0.05, 0.1) is 6.04 Å². The van der Waals surface area contributed by atoms with Crippen LogP contribution in [0.2, 0.25) is 0 Å². The average molecular weight is 290 g/mol. The largest absolute Gasteiger partial charge is 0.487 e. The van der Waals surface area contributed by atoms with Crippen molar-refractivity contribution in [1.29, 1.82) is 0 Å². The summed E-state index contributed by atoms with van der Waals surface area (Å²) in [6, 6.07) is 4.09. The van der Waals surface area contributed by atoms with Crippen LogP contribution in [-0.4, -0.2) is 11.5 Å². The van der Waals surface area contributed by atoms with Crippen molar-refractivity contribution < 1.29 is 9.53 Å². The van der Waals surface area contributed by atoms with Gasteiger partial charge in [-0.3, -0.25) is 4.79 Å². The van der Waals surface area contributed by atoms with Gasteiger partial charge in [-0.2, -0.15) is 0 Å². The predicted octanol–water partition coefficient (Wildman–Crippen LogP) is 3.14. The minimum Gasteiger partial charge on any atom is -0.487 e. The zero-order valence-electron chi connectivity index (χ0n) is 13.6. The summed E-state index contributed by atoms with van der Waals surface area (Å²) in [4.78, 5) is 11.8. The number of hydrogen-bond donors (Lipinski definition) is 2. The first kappa shape index (κ1) is 15.8. The van der Waals surface area contributed by atoms with Crippen LogP contribution in [-0.2, 0) is 4.79 Å². The van der Waals surface area contributed by atoms with Crippen LogP contribution in [0.3, 0.4) is 0 Å². The maximum absolute atomic E-state index is 11.8. The lowest BCUT2D eigenvalue weighted by Gasteiger charge is -2.39. The topological polar surface area (TPSA) is 64.3 Å². The minimum absolute atomic E-state index is 0.0198. The summed E-state index contributed by atoms with van der Waals surface area (Å²) in [5, 5.41) is 3.11. The van der Waals surface area contributed by atoms with Gasteiger partial charge in [-0.05, 0) is 44.9 Å². The van der Waals surface area contributed by atoms with Crippen molar-refractivity contribution in [1.82, 2.24) is 5.32 Å². The first-order valence-corrected chi connectivity index (χ1v) is 7.62. The first-order valence-electron chi connectivity index (χ1n) is 7.62. The Kier molecular flexibility index (Phi) is 4.28. The summed E-state index contributed by atoms with van der Waals surface area (Å²) in [5.41, 5.74) is 8.91. The van der Waals surface area contributed by atoms with Crippen LogP contribution >= 0.6 is 0 Å². The molecule has 0 fully saturated rings. The molecule has 1 amide bonds. The molecular formula is C17H26N2O2. The number of aryl methyl sites for hydroxylation is 1. The van der Waals surface area contributed by atoms with Gasteiger partial charge in [0.1, 0.15) is 11.4 Å². The Labute approximate surface area is 127 Å². The van der Waals surface area contributed by atoms with Gasteiger partial charge < -0.3 is 15.8 Å². The van der Waals surface area contributed by atoms with Crippen LogP contribution in [0.5, 0.6) is 5.75 Å². The number of fused-ring (bicyclic) bond motifs is 1. The molecule has 0 radical (unpaired) electrons. The van der Waals surface area contributed by atoms with E-state index in [0.29, 0.717) is 6.42 Å². The molecule has 0 aromatic heterocycles. The lowest BCUT2D eigenvalue weighted by molar-refractivity contribution is -0.122.